The molecule has 1 amide bonds. The van der Waals surface area contributed by atoms with Crippen molar-refractivity contribution in [3.05, 3.63) is 41.5 Å². The average molecular weight is 360 g/mol. The highest BCUT2D eigenvalue weighted by Gasteiger charge is 2.21. The van der Waals surface area contributed by atoms with Crippen LogP contribution in [0.5, 0.6) is 0 Å². The number of amides is 1. The van der Waals surface area contributed by atoms with Crippen molar-refractivity contribution in [1.29, 1.82) is 0 Å². The van der Waals surface area contributed by atoms with Crippen LogP contribution >= 0.6 is 0 Å². The van der Waals surface area contributed by atoms with Crippen LogP contribution in [0.4, 0.5) is 4.79 Å². The molecular formula is C22H33NO3. The highest BCUT2D eigenvalue weighted by Crippen LogP contribution is 2.28. The summed E-state index contributed by atoms with van der Waals surface area (Å²) in [4.78, 5) is 11.6. The molecule has 0 spiro atoms. The van der Waals surface area contributed by atoms with E-state index in [0.717, 1.165) is 24.0 Å². The maximum atomic E-state index is 11.6. The highest BCUT2D eigenvalue weighted by molar-refractivity contribution is 5.68. The predicted molar refractivity (Wildman–Crippen MR) is 106 cm³/mol. The molecule has 1 saturated carbocycles. The molecule has 1 atom stereocenters. The van der Waals surface area contributed by atoms with Gasteiger partial charge in [-0.05, 0) is 57.1 Å². The van der Waals surface area contributed by atoms with Crippen LogP contribution < -0.4 is 5.32 Å². The number of nitrogens with one attached hydrogen (secondary N) is 1. The van der Waals surface area contributed by atoms with Crippen LogP contribution in [0.15, 0.2) is 30.3 Å². The topological polar surface area (TPSA) is 58.6 Å². The van der Waals surface area contributed by atoms with Crippen LogP contribution in [-0.2, 0) is 11.2 Å². The van der Waals surface area contributed by atoms with Crippen molar-refractivity contribution in [3.8, 4) is 0 Å². The fourth-order valence-electron chi connectivity index (χ4n) is 3.40. The zero-order chi connectivity index (χ0) is 19.0. The molecule has 1 unspecified atom stereocenters. The first-order valence-electron chi connectivity index (χ1n) is 9.74. The minimum atomic E-state index is -0.485. The van der Waals surface area contributed by atoms with E-state index in [-0.39, 0.29) is 6.10 Å². The molecule has 1 fully saturated rings. The van der Waals surface area contributed by atoms with Gasteiger partial charge in [0.05, 0.1) is 6.10 Å². The normalized spacial score (nSPS) is 17.2. The first kappa shape index (κ1) is 20.5. The summed E-state index contributed by atoms with van der Waals surface area (Å²) in [6, 6.07) is 8.22. The third kappa shape index (κ3) is 7.61. The van der Waals surface area contributed by atoms with Crippen molar-refractivity contribution in [1.82, 2.24) is 5.32 Å². The number of alkyl carbamates (subject to hydrolysis) is 1. The van der Waals surface area contributed by atoms with Gasteiger partial charge in [0.25, 0.3) is 0 Å². The number of hydrogen-bond acceptors (Lipinski definition) is 3. The zero-order valence-electron chi connectivity index (χ0n) is 16.3. The lowest BCUT2D eigenvalue weighted by molar-refractivity contribution is 0.0534. The smallest absolute Gasteiger partial charge is 0.407 e. The molecule has 2 rings (SSSR count). The number of carbonyl (C=O) groups is 1. The number of benzene rings is 1. The van der Waals surface area contributed by atoms with Crippen molar-refractivity contribution < 1.29 is 14.6 Å². The first-order chi connectivity index (χ1) is 12.3. The van der Waals surface area contributed by atoms with Crippen molar-refractivity contribution in [2.75, 3.05) is 6.54 Å². The monoisotopic (exact) mass is 359 g/mol. The maximum Gasteiger partial charge on any atom is 0.407 e. The largest absolute Gasteiger partial charge is 0.444 e. The van der Waals surface area contributed by atoms with E-state index >= 15 is 0 Å². The molecule has 0 saturated heterocycles. The molecule has 0 aromatic heterocycles. The van der Waals surface area contributed by atoms with Gasteiger partial charge in [0.15, 0.2) is 0 Å². The Morgan fingerprint density at radius 1 is 1.31 bits per heavy atom. The van der Waals surface area contributed by atoms with Crippen molar-refractivity contribution in [2.45, 2.75) is 71.0 Å². The Labute approximate surface area is 157 Å². The fourth-order valence-corrected chi connectivity index (χ4v) is 3.40. The quantitative estimate of drug-likeness (QED) is 0.773. The number of aliphatic hydroxyl groups is 1. The zero-order valence-corrected chi connectivity index (χ0v) is 16.3. The highest BCUT2D eigenvalue weighted by atomic mass is 16.6. The SMILES string of the molecule is CC(C)(C)OC(=O)NC/C=C/c1cccc(CC(O)C2CCCCC2)c1. The molecule has 2 N–H and O–H groups in total. The minimum Gasteiger partial charge on any atom is -0.444 e. The summed E-state index contributed by atoms with van der Waals surface area (Å²) in [5.41, 5.74) is 1.75. The van der Waals surface area contributed by atoms with E-state index in [1.54, 1.807) is 0 Å². The number of ether oxygens (including phenoxy) is 1. The summed E-state index contributed by atoms with van der Waals surface area (Å²) in [6.07, 6.45) is 10.0. The summed E-state index contributed by atoms with van der Waals surface area (Å²) < 4.78 is 5.20. The number of aliphatic hydroxyl groups excluding tert-OH is 1. The van der Waals surface area contributed by atoms with E-state index in [1.165, 1.54) is 19.3 Å². The van der Waals surface area contributed by atoms with Crippen molar-refractivity contribution >= 4 is 12.2 Å². The molecule has 4 nitrogen and oxygen atoms in total. The second-order valence-corrected chi connectivity index (χ2v) is 8.20. The van der Waals surface area contributed by atoms with Crippen LogP contribution in [-0.4, -0.2) is 29.4 Å². The molecule has 26 heavy (non-hydrogen) atoms. The summed E-state index contributed by atoms with van der Waals surface area (Å²) in [7, 11) is 0. The van der Waals surface area contributed by atoms with Gasteiger partial charge in [0.2, 0.25) is 0 Å². The predicted octanol–water partition coefficient (Wildman–Crippen LogP) is 4.71. The van der Waals surface area contributed by atoms with E-state index in [9.17, 15) is 9.90 Å². The molecule has 144 valence electrons. The molecular weight excluding hydrogens is 326 g/mol. The standard InChI is InChI=1S/C22H33NO3/c1-22(2,3)26-21(25)23-14-8-11-17-9-7-10-18(15-17)16-20(24)19-12-5-4-6-13-19/h7-11,15,19-20,24H,4-6,12-14,16H2,1-3H3,(H,23,25)/b11-8+. The van der Waals surface area contributed by atoms with Crippen LogP contribution in [0.1, 0.15) is 64.0 Å². The molecule has 0 heterocycles. The van der Waals surface area contributed by atoms with E-state index in [1.807, 2.05) is 45.1 Å². The molecule has 4 heteroatoms. The van der Waals surface area contributed by atoms with Gasteiger partial charge in [-0.25, -0.2) is 4.79 Å². The Morgan fingerprint density at radius 2 is 2.04 bits per heavy atom. The average Bonchev–Trinajstić information content (AvgIpc) is 2.58. The minimum absolute atomic E-state index is 0.247. The number of carbonyl (C=O) groups excluding carboxylic acids is 1. The molecule has 0 aliphatic heterocycles. The van der Waals surface area contributed by atoms with Gasteiger partial charge >= 0.3 is 6.09 Å². The lowest BCUT2D eigenvalue weighted by Gasteiger charge is -2.26. The molecule has 0 bridgehead atoms. The Hall–Kier alpha value is -1.81. The number of hydrogen-bond donors (Lipinski definition) is 2. The van der Waals surface area contributed by atoms with E-state index in [4.69, 9.17) is 4.74 Å². The van der Waals surface area contributed by atoms with Gasteiger partial charge < -0.3 is 15.2 Å². The van der Waals surface area contributed by atoms with E-state index < -0.39 is 11.7 Å². The summed E-state index contributed by atoms with van der Waals surface area (Å²) in [5.74, 6) is 0.445. The fraction of sp³-hybridized carbons (Fsp3) is 0.591. The summed E-state index contributed by atoms with van der Waals surface area (Å²) in [6.45, 7) is 5.95. The summed E-state index contributed by atoms with van der Waals surface area (Å²) >= 11 is 0. The van der Waals surface area contributed by atoms with Gasteiger partial charge in [-0.2, -0.15) is 0 Å². The lowest BCUT2D eigenvalue weighted by Crippen LogP contribution is -2.32. The molecule has 1 aromatic carbocycles. The third-order valence-electron chi connectivity index (χ3n) is 4.66. The van der Waals surface area contributed by atoms with E-state index in [2.05, 4.69) is 17.4 Å². The Morgan fingerprint density at radius 3 is 2.73 bits per heavy atom. The molecule has 1 aromatic rings. The lowest BCUT2D eigenvalue weighted by atomic mass is 9.83. The van der Waals surface area contributed by atoms with Gasteiger partial charge in [-0.1, -0.05) is 55.7 Å². The first-order valence-corrected chi connectivity index (χ1v) is 9.74. The van der Waals surface area contributed by atoms with E-state index in [0.29, 0.717) is 18.9 Å². The van der Waals surface area contributed by atoms with Gasteiger partial charge in [-0.3, -0.25) is 0 Å². The second kappa shape index (κ2) is 9.77. The Kier molecular flexibility index (Phi) is 7.70. The second-order valence-electron chi connectivity index (χ2n) is 8.20. The Bertz CT molecular complexity index is 598. The third-order valence-corrected chi connectivity index (χ3v) is 4.66. The number of rotatable bonds is 6. The molecule has 1 aliphatic carbocycles. The van der Waals surface area contributed by atoms with Gasteiger partial charge in [0.1, 0.15) is 5.60 Å². The van der Waals surface area contributed by atoms with Crippen LogP contribution in [0, 0.1) is 5.92 Å². The maximum absolute atomic E-state index is 11.6. The summed E-state index contributed by atoms with van der Waals surface area (Å²) in [5, 5.41) is 13.2. The Balaban J connectivity index is 1.81. The molecule has 1 aliphatic rings. The van der Waals surface area contributed by atoms with Gasteiger partial charge in [0, 0.05) is 6.54 Å². The van der Waals surface area contributed by atoms with Crippen molar-refractivity contribution in [2.24, 2.45) is 5.92 Å². The van der Waals surface area contributed by atoms with Gasteiger partial charge in [-0.15, -0.1) is 0 Å². The van der Waals surface area contributed by atoms with Crippen LogP contribution in [0.3, 0.4) is 0 Å². The van der Waals surface area contributed by atoms with Crippen LogP contribution in [0.2, 0.25) is 0 Å². The van der Waals surface area contributed by atoms with Crippen molar-refractivity contribution in [3.63, 3.8) is 0 Å². The van der Waals surface area contributed by atoms with Crippen LogP contribution in [0.25, 0.3) is 6.08 Å². The molecule has 0 radical (unpaired) electrons.